The monoisotopic (exact) mass is 396 g/mol. The van der Waals surface area contributed by atoms with Crippen LogP contribution in [-0.2, 0) is 9.84 Å². The zero-order chi connectivity index (χ0) is 19.6. The summed E-state index contributed by atoms with van der Waals surface area (Å²) >= 11 is 0. The minimum atomic E-state index is -5.72. The van der Waals surface area contributed by atoms with Crippen LogP contribution in [0.4, 0.5) is 22.0 Å². The Hall–Kier alpha value is -2.30. The minimum absolute atomic E-state index is 0.0431. The zero-order valence-electron chi connectivity index (χ0n) is 13.3. The van der Waals surface area contributed by atoms with E-state index in [0.717, 1.165) is 12.3 Å². The van der Waals surface area contributed by atoms with Crippen LogP contribution in [0.3, 0.4) is 0 Å². The summed E-state index contributed by atoms with van der Waals surface area (Å²) in [7, 11) is -3.59. The summed E-state index contributed by atoms with van der Waals surface area (Å²) in [5.41, 5.74) is 0.147. The van der Waals surface area contributed by atoms with E-state index in [0.29, 0.717) is 0 Å². The number of hydrogen-bond donors (Lipinski definition) is 0. The lowest BCUT2D eigenvalue weighted by molar-refractivity contribution is -0.290. The van der Waals surface area contributed by atoms with Crippen molar-refractivity contribution in [2.24, 2.45) is 0 Å². The normalized spacial score (nSPS) is 12.8. The standard InChI is InChI=1S/C15H13F5N2O3S/c1-2-26(23,24)12-4-3-7-21-13(12)11-6-5-10(8-22-11)25-9-14(16,17)15(18,19)20/h3-8H,2,9H2,1H3. The van der Waals surface area contributed by atoms with Crippen LogP contribution in [0.25, 0.3) is 11.4 Å². The van der Waals surface area contributed by atoms with Gasteiger partial charge in [0.1, 0.15) is 11.4 Å². The lowest BCUT2D eigenvalue weighted by Gasteiger charge is -2.19. The lowest BCUT2D eigenvalue weighted by Crippen LogP contribution is -2.41. The number of aromatic nitrogens is 2. The first-order valence-corrected chi connectivity index (χ1v) is 8.85. The highest BCUT2D eigenvalue weighted by Crippen LogP contribution is 2.35. The van der Waals surface area contributed by atoms with Crippen LogP contribution in [0, 0.1) is 0 Å². The van der Waals surface area contributed by atoms with E-state index in [1.54, 1.807) is 0 Å². The molecule has 0 radical (unpaired) electrons. The number of ether oxygens (including phenoxy) is 1. The zero-order valence-corrected chi connectivity index (χ0v) is 14.1. The molecule has 0 N–H and O–H groups in total. The predicted octanol–water partition coefficient (Wildman–Crippen LogP) is 3.51. The van der Waals surface area contributed by atoms with Crippen molar-refractivity contribution in [1.29, 1.82) is 0 Å². The molecule has 0 aliphatic carbocycles. The first kappa shape index (κ1) is 20.0. The number of sulfone groups is 1. The van der Waals surface area contributed by atoms with Crippen molar-refractivity contribution in [3.8, 4) is 17.1 Å². The molecule has 0 aromatic carbocycles. The van der Waals surface area contributed by atoms with E-state index in [4.69, 9.17) is 0 Å². The van der Waals surface area contributed by atoms with E-state index in [1.165, 1.54) is 31.3 Å². The van der Waals surface area contributed by atoms with Crippen molar-refractivity contribution in [1.82, 2.24) is 9.97 Å². The number of hydrogen-bond acceptors (Lipinski definition) is 5. The molecular formula is C15H13F5N2O3S. The Morgan fingerprint density at radius 1 is 1.08 bits per heavy atom. The molecule has 0 amide bonds. The number of rotatable bonds is 6. The van der Waals surface area contributed by atoms with Crippen molar-refractivity contribution >= 4 is 9.84 Å². The Morgan fingerprint density at radius 3 is 2.31 bits per heavy atom. The second-order valence-electron chi connectivity index (χ2n) is 5.12. The second-order valence-corrected chi connectivity index (χ2v) is 7.37. The quantitative estimate of drug-likeness (QED) is 0.699. The maximum Gasteiger partial charge on any atom is 0.456 e. The average Bonchev–Trinajstić information content (AvgIpc) is 2.59. The fourth-order valence-electron chi connectivity index (χ4n) is 1.85. The molecule has 0 aliphatic heterocycles. The molecule has 0 aliphatic rings. The summed E-state index contributed by atoms with van der Waals surface area (Å²) in [6.07, 6.45) is -3.46. The highest BCUT2D eigenvalue weighted by molar-refractivity contribution is 7.91. The van der Waals surface area contributed by atoms with Crippen molar-refractivity contribution in [3.05, 3.63) is 36.7 Å². The number of pyridine rings is 2. The van der Waals surface area contributed by atoms with E-state index in [2.05, 4.69) is 14.7 Å². The topological polar surface area (TPSA) is 69.2 Å². The third-order valence-electron chi connectivity index (χ3n) is 3.30. The first-order valence-electron chi connectivity index (χ1n) is 7.19. The van der Waals surface area contributed by atoms with Crippen LogP contribution in [0.15, 0.2) is 41.6 Å². The molecule has 0 fully saturated rings. The molecule has 2 aromatic heterocycles. The maximum absolute atomic E-state index is 12.8. The molecule has 5 nitrogen and oxygen atoms in total. The van der Waals surface area contributed by atoms with Gasteiger partial charge in [-0.1, -0.05) is 6.92 Å². The van der Waals surface area contributed by atoms with Gasteiger partial charge in [0.25, 0.3) is 0 Å². The van der Waals surface area contributed by atoms with Gasteiger partial charge in [-0.25, -0.2) is 8.42 Å². The number of halogens is 5. The van der Waals surface area contributed by atoms with Gasteiger partial charge < -0.3 is 4.74 Å². The summed E-state index contributed by atoms with van der Waals surface area (Å²) < 4.78 is 90.6. The Morgan fingerprint density at radius 2 is 1.77 bits per heavy atom. The van der Waals surface area contributed by atoms with Crippen LogP contribution in [0.5, 0.6) is 5.75 Å². The van der Waals surface area contributed by atoms with Gasteiger partial charge in [-0.15, -0.1) is 0 Å². The van der Waals surface area contributed by atoms with E-state index in [-0.39, 0.29) is 27.8 Å². The Bertz CT molecular complexity index is 868. The number of nitrogens with zero attached hydrogens (tertiary/aromatic N) is 2. The molecule has 2 rings (SSSR count). The SMILES string of the molecule is CCS(=O)(=O)c1cccnc1-c1ccc(OCC(F)(F)C(F)(F)F)cn1. The van der Waals surface area contributed by atoms with Gasteiger partial charge in [0, 0.05) is 6.20 Å². The molecule has 26 heavy (non-hydrogen) atoms. The highest BCUT2D eigenvalue weighted by Gasteiger charge is 2.58. The largest absolute Gasteiger partial charge is 0.485 e. The molecule has 0 saturated heterocycles. The molecule has 2 aromatic rings. The van der Waals surface area contributed by atoms with Gasteiger partial charge >= 0.3 is 12.1 Å². The molecule has 0 saturated carbocycles. The predicted molar refractivity (Wildman–Crippen MR) is 81.7 cm³/mol. The van der Waals surface area contributed by atoms with Gasteiger partial charge in [-0.05, 0) is 24.3 Å². The third-order valence-corrected chi connectivity index (χ3v) is 5.06. The molecule has 0 bridgehead atoms. The average molecular weight is 396 g/mol. The summed E-state index contributed by atoms with van der Waals surface area (Å²) in [5.74, 6) is -5.50. The third kappa shape index (κ3) is 4.26. The van der Waals surface area contributed by atoms with E-state index >= 15 is 0 Å². The minimum Gasteiger partial charge on any atom is -0.485 e. The molecule has 142 valence electrons. The van der Waals surface area contributed by atoms with Crippen LogP contribution in [0.1, 0.15) is 6.92 Å². The van der Waals surface area contributed by atoms with Crippen LogP contribution < -0.4 is 4.74 Å². The van der Waals surface area contributed by atoms with E-state index in [9.17, 15) is 30.4 Å². The summed E-state index contributed by atoms with van der Waals surface area (Å²) in [4.78, 5) is 7.74. The van der Waals surface area contributed by atoms with Gasteiger partial charge in [-0.3, -0.25) is 9.97 Å². The van der Waals surface area contributed by atoms with Crippen molar-refractivity contribution in [3.63, 3.8) is 0 Å². The summed E-state index contributed by atoms with van der Waals surface area (Å²) in [6.45, 7) is -0.437. The second kappa shape index (κ2) is 7.14. The molecule has 0 unspecified atom stereocenters. The summed E-state index contributed by atoms with van der Waals surface area (Å²) in [5, 5.41) is 0. The van der Waals surface area contributed by atoms with Crippen LogP contribution in [0.2, 0.25) is 0 Å². The Kier molecular flexibility index (Phi) is 5.49. The van der Waals surface area contributed by atoms with Crippen molar-refractivity contribution in [2.75, 3.05) is 12.4 Å². The Balaban J connectivity index is 2.24. The smallest absolute Gasteiger partial charge is 0.456 e. The van der Waals surface area contributed by atoms with Crippen molar-refractivity contribution < 1.29 is 35.1 Å². The fourth-order valence-corrected chi connectivity index (χ4v) is 2.90. The fraction of sp³-hybridized carbons (Fsp3) is 0.333. The van der Waals surface area contributed by atoms with Crippen molar-refractivity contribution in [2.45, 2.75) is 23.9 Å². The first-order chi connectivity index (χ1) is 12.0. The lowest BCUT2D eigenvalue weighted by atomic mass is 10.2. The molecule has 2 heterocycles. The molecule has 11 heteroatoms. The van der Waals surface area contributed by atoms with E-state index < -0.39 is 28.5 Å². The summed E-state index contributed by atoms with van der Waals surface area (Å²) in [6, 6.07) is 5.10. The molecule has 0 atom stereocenters. The van der Waals surface area contributed by atoms with Gasteiger partial charge in [0.05, 0.1) is 22.5 Å². The maximum atomic E-state index is 12.8. The van der Waals surface area contributed by atoms with Crippen LogP contribution >= 0.6 is 0 Å². The Labute approximate surface area is 145 Å². The highest BCUT2D eigenvalue weighted by atomic mass is 32.2. The van der Waals surface area contributed by atoms with Gasteiger partial charge in [-0.2, -0.15) is 22.0 Å². The van der Waals surface area contributed by atoms with E-state index in [1.807, 2.05) is 0 Å². The number of alkyl halides is 5. The van der Waals surface area contributed by atoms with Crippen LogP contribution in [-0.4, -0.2) is 42.8 Å². The van der Waals surface area contributed by atoms with Gasteiger partial charge in [0.2, 0.25) is 0 Å². The van der Waals surface area contributed by atoms with Gasteiger partial charge in [0.15, 0.2) is 16.4 Å². The molecular weight excluding hydrogens is 383 g/mol. The molecule has 0 spiro atoms.